The Kier molecular flexibility index (Phi) is 5.07. The lowest BCUT2D eigenvalue weighted by molar-refractivity contribution is 0.238. The van der Waals surface area contributed by atoms with E-state index in [1.807, 2.05) is 12.3 Å². The summed E-state index contributed by atoms with van der Waals surface area (Å²) in [6.45, 7) is 4.17. The normalized spacial score (nSPS) is 19.2. The van der Waals surface area contributed by atoms with Crippen LogP contribution in [0.4, 0.5) is 10.6 Å². The summed E-state index contributed by atoms with van der Waals surface area (Å²) < 4.78 is 0. The van der Waals surface area contributed by atoms with Gasteiger partial charge >= 0.3 is 6.03 Å². The van der Waals surface area contributed by atoms with Gasteiger partial charge in [-0.1, -0.05) is 0 Å². The molecule has 2 aliphatic rings. The molecule has 0 saturated carbocycles. The van der Waals surface area contributed by atoms with Gasteiger partial charge in [-0.3, -0.25) is 10.9 Å². The second kappa shape index (κ2) is 7.42. The first-order valence-electron chi connectivity index (χ1n) is 8.01. The first-order chi connectivity index (χ1) is 10.8. The molecule has 22 heavy (non-hydrogen) atoms. The quantitative estimate of drug-likeness (QED) is 0.645. The van der Waals surface area contributed by atoms with Crippen molar-refractivity contribution < 1.29 is 4.79 Å². The molecule has 2 fully saturated rings. The summed E-state index contributed by atoms with van der Waals surface area (Å²) in [5.74, 6) is 1.02. The lowest BCUT2D eigenvalue weighted by Crippen LogP contribution is -2.44. The van der Waals surface area contributed by atoms with E-state index in [1.165, 1.54) is 19.3 Å². The van der Waals surface area contributed by atoms with Crippen LogP contribution in [0.2, 0.25) is 0 Å². The largest absolute Gasteiger partial charge is 0.357 e. The highest BCUT2D eigenvalue weighted by Crippen LogP contribution is 2.18. The molecule has 7 nitrogen and oxygen atoms in total. The van der Waals surface area contributed by atoms with Crippen molar-refractivity contribution in [2.45, 2.75) is 31.8 Å². The summed E-state index contributed by atoms with van der Waals surface area (Å²) in [6.07, 6.45) is 5.60. The number of nitrogens with zero attached hydrogens (tertiary/aromatic N) is 2. The molecule has 2 amide bonds. The molecule has 0 atom stereocenters. The van der Waals surface area contributed by atoms with Gasteiger partial charge in [-0.25, -0.2) is 9.78 Å². The zero-order valence-corrected chi connectivity index (χ0v) is 12.8. The van der Waals surface area contributed by atoms with Gasteiger partial charge in [0, 0.05) is 38.9 Å². The maximum atomic E-state index is 11.9. The van der Waals surface area contributed by atoms with Gasteiger partial charge in [0.25, 0.3) is 0 Å². The molecular weight excluding hydrogens is 280 g/mol. The van der Waals surface area contributed by atoms with E-state index in [0.717, 1.165) is 37.6 Å². The predicted octanol–water partition coefficient (Wildman–Crippen LogP) is 0.348. The predicted molar refractivity (Wildman–Crippen MR) is 85.5 cm³/mol. The third-order valence-electron chi connectivity index (χ3n) is 4.10. The number of carbonyl (C=O) groups excluding carboxylic acids is 1. The van der Waals surface area contributed by atoms with E-state index >= 15 is 0 Å². The highest BCUT2D eigenvalue weighted by Gasteiger charge is 2.16. The third kappa shape index (κ3) is 4.08. The average molecular weight is 304 g/mol. The van der Waals surface area contributed by atoms with Crippen LogP contribution in [0.15, 0.2) is 18.3 Å². The van der Waals surface area contributed by atoms with Gasteiger partial charge in [-0.2, -0.15) is 0 Å². The van der Waals surface area contributed by atoms with Crippen LogP contribution in [0.3, 0.4) is 0 Å². The van der Waals surface area contributed by atoms with Gasteiger partial charge in [0.05, 0.1) is 6.04 Å². The van der Waals surface area contributed by atoms with E-state index in [4.69, 9.17) is 0 Å². The number of aromatic nitrogens is 1. The van der Waals surface area contributed by atoms with Crippen LogP contribution in [0.25, 0.3) is 0 Å². The minimum atomic E-state index is -0.133. The number of nitrogens with one attached hydrogen (secondary N) is 4. The van der Waals surface area contributed by atoms with Crippen molar-refractivity contribution in [3.05, 3.63) is 23.9 Å². The van der Waals surface area contributed by atoms with Crippen molar-refractivity contribution in [1.29, 1.82) is 0 Å². The van der Waals surface area contributed by atoms with Crippen LogP contribution in [0.1, 0.15) is 24.8 Å². The minimum absolute atomic E-state index is 0.133. The number of hydrogen-bond donors (Lipinski definition) is 4. The van der Waals surface area contributed by atoms with E-state index in [1.54, 1.807) is 0 Å². The molecule has 7 heteroatoms. The van der Waals surface area contributed by atoms with E-state index in [-0.39, 0.29) is 12.1 Å². The maximum absolute atomic E-state index is 11.9. The van der Waals surface area contributed by atoms with Gasteiger partial charge in [-0.15, -0.1) is 0 Å². The third-order valence-corrected chi connectivity index (χ3v) is 4.10. The smallest absolute Gasteiger partial charge is 0.315 e. The fourth-order valence-electron chi connectivity index (χ4n) is 2.85. The summed E-state index contributed by atoms with van der Waals surface area (Å²) in [4.78, 5) is 18.6. The molecule has 0 spiro atoms. The molecule has 120 valence electrons. The molecule has 0 bridgehead atoms. The van der Waals surface area contributed by atoms with Crippen molar-refractivity contribution in [2.24, 2.45) is 0 Å². The van der Waals surface area contributed by atoms with Gasteiger partial charge in [0.15, 0.2) is 0 Å². The summed E-state index contributed by atoms with van der Waals surface area (Å²) in [5, 5.41) is 5.83. The Bertz CT molecular complexity index is 497. The molecule has 0 radical (unpaired) electrons. The lowest BCUT2D eigenvalue weighted by Gasteiger charge is -2.27. The average Bonchev–Trinajstić information content (AvgIpc) is 3.07. The Morgan fingerprint density at radius 3 is 2.82 bits per heavy atom. The molecule has 4 N–H and O–H groups in total. The molecule has 2 aliphatic heterocycles. The van der Waals surface area contributed by atoms with E-state index in [2.05, 4.69) is 37.4 Å². The van der Waals surface area contributed by atoms with Crippen molar-refractivity contribution >= 4 is 11.8 Å². The zero-order chi connectivity index (χ0) is 15.2. The van der Waals surface area contributed by atoms with E-state index < -0.39 is 0 Å². The lowest BCUT2D eigenvalue weighted by atomic mass is 10.1. The van der Waals surface area contributed by atoms with Crippen LogP contribution in [0, 0.1) is 0 Å². The molecular formula is C15H24N6O. The fraction of sp³-hybridized carbons (Fsp3) is 0.600. The summed E-state index contributed by atoms with van der Waals surface area (Å²) in [5.41, 5.74) is 7.06. The van der Waals surface area contributed by atoms with Crippen molar-refractivity contribution in [3.8, 4) is 0 Å². The summed E-state index contributed by atoms with van der Waals surface area (Å²) in [7, 11) is 0. The molecule has 3 rings (SSSR count). The Morgan fingerprint density at radius 2 is 2.05 bits per heavy atom. The minimum Gasteiger partial charge on any atom is -0.357 e. The molecule has 0 unspecified atom stereocenters. The number of piperidine rings is 1. The van der Waals surface area contributed by atoms with E-state index in [9.17, 15) is 4.79 Å². The number of hydrazine groups is 1. The number of rotatable bonds is 4. The Balaban J connectivity index is 1.50. The fourth-order valence-corrected chi connectivity index (χ4v) is 2.85. The molecule has 3 heterocycles. The number of pyridine rings is 1. The van der Waals surface area contributed by atoms with Crippen molar-refractivity contribution in [2.75, 3.05) is 31.1 Å². The first kappa shape index (κ1) is 15.1. The molecule has 1 aromatic heterocycles. The number of hydrogen-bond acceptors (Lipinski definition) is 5. The second-order valence-electron chi connectivity index (χ2n) is 5.86. The standard InChI is InChI=1S/C15H24N6O/c22-15(20-13-10-18-19-11-13)17-9-12-4-5-16-14(8-12)21-6-2-1-3-7-21/h4-5,8,13,18-19H,1-3,6-7,9-11H2,(H2,17,20,22). The molecule has 1 aromatic rings. The van der Waals surface area contributed by atoms with Crippen LogP contribution >= 0.6 is 0 Å². The second-order valence-corrected chi connectivity index (χ2v) is 5.86. The summed E-state index contributed by atoms with van der Waals surface area (Å²) in [6, 6.07) is 4.03. The van der Waals surface area contributed by atoms with Crippen LogP contribution in [-0.2, 0) is 6.54 Å². The van der Waals surface area contributed by atoms with Crippen LogP contribution in [-0.4, -0.2) is 43.2 Å². The van der Waals surface area contributed by atoms with Crippen molar-refractivity contribution in [3.63, 3.8) is 0 Å². The van der Waals surface area contributed by atoms with Gasteiger partial charge < -0.3 is 15.5 Å². The molecule has 0 aliphatic carbocycles. The van der Waals surface area contributed by atoms with Gasteiger partial charge in [-0.05, 0) is 37.0 Å². The maximum Gasteiger partial charge on any atom is 0.315 e. The number of anilines is 1. The first-order valence-corrected chi connectivity index (χ1v) is 8.01. The Labute approximate surface area is 130 Å². The van der Waals surface area contributed by atoms with Gasteiger partial charge in [0.1, 0.15) is 5.82 Å². The van der Waals surface area contributed by atoms with Gasteiger partial charge in [0.2, 0.25) is 0 Å². The number of urea groups is 1. The SMILES string of the molecule is O=C(NCc1ccnc(N2CCCCC2)c1)NC1CNNC1. The van der Waals surface area contributed by atoms with Crippen LogP contribution < -0.4 is 26.4 Å². The Hall–Kier alpha value is -1.86. The van der Waals surface area contributed by atoms with Crippen LogP contribution in [0.5, 0.6) is 0 Å². The summed E-state index contributed by atoms with van der Waals surface area (Å²) >= 11 is 0. The molecule has 0 aromatic carbocycles. The van der Waals surface area contributed by atoms with Crippen molar-refractivity contribution in [1.82, 2.24) is 26.5 Å². The molecule has 2 saturated heterocycles. The monoisotopic (exact) mass is 304 g/mol. The number of carbonyl (C=O) groups is 1. The Morgan fingerprint density at radius 1 is 1.27 bits per heavy atom. The number of amides is 2. The highest BCUT2D eigenvalue weighted by atomic mass is 16.2. The zero-order valence-electron chi connectivity index (χ0n) is 12.8. The topological polar surface area (TPSA) is 81.3 Å². The highest BCUT2D eigenvalue weighted by molar-refractivity contribution is 5.74. The van der Waals surface area contributed by atoms with E-state index in [0.29, 0.717) is 6.54 Å².